The number of hydrogen-bond acceptors (Lipinski definition) is 6. The molecule has 35 heavy (non-hydrogen) atoms. The number of benzene rings is 3. The molecule has 0 heterocycles. The van der Waals surface area contributed by atoms with Crippen LogP contribution in [0.15, 0.2) is 65.6 Å². The van der Waals surface area contributed by atoms with Crippen LogP contribution in [0.4, 0.5) is 17.1 Å². The number of ether oxygens (including phenoxy) is 1. The summed E-state index contributed by atoms with van der Waals surface area (Å²) in [5.74, 6) is 0.0537. The molecule has 1 amide bonds. The Balaban J connectivity index is 1.76. The molecule has 0 aromatic heterocycles. The van der Waals surface area contributed by atoms with E-state index >= 15 is 0 Å². The van der Waals surface area contributed by atoms with E-state index in [0.29, 0.717) is 5.69 Å². The molecule has 3 aromatic carbocycles. The number of carbonyl (C=O) groups is 1. The smallest absolute Gasteiger partial charge is 0.269 e. The van der Waals surface area contributed by atoms with Crippen molar-refractivity contribution < 1.29 is 22.9 Å². The Hall–Kier alpha value is -3.34. The zero-order valence-electron chi connectivity index (χ0n) is 18.8. The standard InChI is InChI=1S/C23H21Cl2N3O6S/c1-23(2,3)22(29)26-14-4-6-15(7-5-14)27-35(32,33)18-12-19(24)21(20(25)13-18)34-17-10-8-16(9-11-17)28(30)31/h4-13,27H,1-3H3,(H,26,29). The molecule has 12 heteroatoms. The lowest BCUT2D eigenvalue weighted by Gasteiger charge is -2.18. The first-order chi connectivity index (χ1) is 16.3. The van der Waals surface area contributed by atoms with E-state index in [1.54, 1.807) is 32.9 Å². The molecule has 0 saturated carbocycles. The van der Waals surface area contributed by atoms with Crippen molar-refractivity contribution in [3.8, 4) is 11.5 Å². The monoisotopic (exact) mass is 537 g/mol. The van der Waals surface area contributed by atoms with Gasteiger partial charge < -0.3 is 10.1 Å². The number of nitrogens with one attached hydrogen (secondary N) is 2. The fraction of sp³-hybridized carbons (Fsp3) is 0.174. The third kappa shape index (κ3) is 6.62. The summed E-state index contributed by atoms with van der Waals surface area (Å²) >= 11 is 12.5. The van der Waals surface area contributed by atoms with Gasteiger partial charge in [-0.05, 0) is 48.5 Å². The molecule has 3 rings (SSSR count). The zero-order chi connectivity index (χ0) is 26.0. The summed E-state index contributed by atoms with van der Waals surface area (Å²) in [6.45, 7) is 5.34. The summed E-state index contributed by atoms with van der Waals surface area (Å²) in [6, 6.07) is 13.7. The van der Waals surface area contributed by atoms with E-state index in [1.807, 2.05) is 0 Å². The van der Waals surface area contributed by atoms with Crippen LogP contribution < -0.4 is 14.8 Å². The molecule has 0 spiro atoms. The Bertz CT molecular complexity index is 1350. The molecule has 0 saturated heterocycles. The summed E-state index contributed by atoms with van der Waals surface area (Å²) in [5.41, 5.74) is 0.0863. The van der Waals surface area contributed by atoms with E-state index in [-0.39, 0.29) is 43.7 Å². The first-order valence-corrected chi connectivity index (χ1v) is 12.4. The molecule has 0 aliphatic carbocycles. The maximum Gasteiger partial charge on any atom is 0.269 e. The highest BCUT2D eigenvalue weighted by Crippen LogP contribution is 2.39. The maximum absolute atomic E-state index is 12.9. The number of halogens is 2. The van der Waals surface area contributed by atoms with E-state index in [1.165, 1.54) is 48.5 Å². The fourth-order valence-electron chi connectivity index (χ4n) is 2.70. The Kier molecular flexibility index (Phi) is 7.59. The van der Waals surface area contributed by atoms with E-state index in [2.05, 4.69) is 10.0 Å². The summed E-state index contributed by atoms with van der Waals surface area (Å²) in [4.78, 5) is 22.1. The van der Waals surface area contributed by atoms with Gasteiger partial charge in [-0.2, -0.15) is 0 Å². The predicted octanol–water partition coefficient (Wildman–Crippen LogP) is 6.48. The Morgan fingerprint density at radius 3 is 1.94 bits per heavy atom. The van der Waals surface area contributed by atoms with Gasteiger partial charge in [0.05, 0.1) is 19.9 Å². The molecule has 0 unspecified atom stereocenters. The van der Waals surface area contributed by atoms with Crippen LogP contribution in [-0.4, -0.2) is 19.2 Å². The maximum atomic E-state index is 12.9. The quantitative estimate of drug-likeness (QED) is 0.262. The molecular weight excluding hydrogens is 517 g/mol. The predicted molar refractivity (Wildman–Crippen MR) is 135 cm³/mol. The average Bonchev–Trinajstić information content (AvgIpc) is 2.77. The van der Waals surface area contributed by atoms with Gasteiger partial charge in [-0.3, -0.25) is 19.6 Å². The van der Waals surface area contributed by atoms with Crippen LogP contribution in [0.1, 0.15) is 20.8 Å². The summed E-state index contributed by atoms with van der Waals surface area (Å²) in [6.07, 6.45) is 0. The Morgan fingerprint density at radius 1 is 0.943 bits per heavy atom. The third-order valence-electron chi connectivity index (χ3n) is 4.63. The lowest BCUT2D eigenvalue weighted by atomic mass is 9.95. The lowest BCUT2D eigenvalue weighted by Crippen LogP contribution is -2.27. The molecule has 0 fully saturated rings. The van der Waals surface area contributed by atoms with E-state index in [4.69, 9.17) is 27.9 Å². The number of nitro groups is 1. The number of nitro benzene ring substituents is 1. The van der Waals surface area contributed by atoms with Gasteiger partial charge in [0.1, 0.15) is 5.75 Å². The van der Waals surface area contributed by atoms with Gasteiger partial charge in [-0.15, -0.1) is 0 Å². The van der Waals surface area contributed by atoms with Crippen molar-refractivity contribution in [3.63, 3.8) is 0 Å². The van der Waals surface area contributed by atoms with Crippen LogP contribution in [0.5, 0.6) is 11.5 Å². The van der Waals surface area contributed by atoms with Gasteiger partial charge >= 0.3 is 0 Å². The second-order valence-corrected chi connectivity index (χ2v) is 11.0. The molecule has 0 atom stereocenters. The Labute approximate surface area is 212 Å². The van der Waals surface area contributed by atoms with Gasteiger partial charge in [0, 0.05) is 28.9 Å². The third-order valence-corrected chi connectivity index (χ3v) is 6.55. The number of non-ortho nitro benzene ring substituents is 1. The number of anilines is 2. The van der Waals surface area contributed by atoms with Gasteiger partial charge in [-0.25, -0.2) is 8.42 Å². The first-order valence-electron chi connectivity index (χ1n) is 10.1. The van der Waals surface area contributed by atoms with Gasteiger partial charge in [0.25, 0.3) is 15.7 Å². The van der Waals surface area contributed by atoms with Crippen LogP contribution in [-0.2, 0) is 14.8 Å². The van der Waals surface area contributed by atoms with Crippen molar-refractivity contribution in [1.29, 1.82) is 0 Å². The number of nitrogens with zero attached hydrogens (tertiary/aromatic N) is 1. The van der Waals surface area contributed by atoms with Gasteiger partial charge in [0.15, 0.2) is 5.75 Å². The minimum atomic E-state index is -4.06. The molecule has 0 radical (unpaired) electrons. The minimum absolute atomic E-state index is 0.0000733. The van der Waals surface area contributed by atoms with Gasteiger partial charge in [-0.1, -0.05) is 44.0 Å². The van der Waals surface area contributed by atoms with Crippen LogP contribution in [0.25, 0.3) is 0 Å². The van der Waals surface area contributed by atoms with Crippen molar-refractivity contribution in [3.05, 3.63) is 80.8 Å². The molecule has 0 aliphatic rings. The molecule has 2 N–H and O–H groups in total. The van der Waals surface area contributed by atoms with E-state index in [0.717, 1.165) is 0 Å². The number of rotatable bonds is 7. The number of hydrogen-bond donors (Lipinski definition) is 2. The summed E-state index contributed by atoms with van der Waals surface area (Å²) in [7, 11) is -4.06. The largest absolute Gasteiger partial charge is 0.454 e. The minimum Gasteiger partial charge on any atom is -0.454 e. The fourth-order valence-corrected chi connectivity index (χ4v) is 4.50. The van der Waals surface area contributed by atoms with Crippen molar-refractivity contribution in [2.24, 2.45) is 5.41 Å². The van der Waals surface area contributed by atoms with Crippen LogP contribution in [0.3, 0.4) is 0 Å². The van der Waals surface area contributed by atoms with Crippen molar-refractivity contribution in [2.45, 2.75) is 25.7 Å². The topological polar surface area (TPSA) is 128 Å². The average molecular weight is 538 g/mol. The molecular formula is C23H21Cl2N3O6S. The van der Waals surface area contributed by atoms with Crippen molar-refractivity contribution in [1.82, 2.24) is 0 Å². The number of amides is 1. The zero-order valence-corrected chi connectivity index (χ0v) is 21.2. The highest BCUT2D eigenvalue weighted by Gasteiger charge is 2.22. The van der Waals surface area contributed by atoms with Crippen LogP contribution >= 0.6 is 23.2 Å². The lowest BCUT2D eigenvalue weighted by molar-refractivity contribution is -0.384. The van der Waals surface area contributed by atoms with Gasteiger partial charge in [0.2, 0.25) is 5.91 Å². The molecule has 3 aromatic rings. The Morgan fingerprint density at radius 2 is 1.46 bits per heavy atom. The molecule has 184 valence electrons. The van der Waals surface area contributed by atoms with Crippen molar-refractivity contribution >= 4 is 56.2 Å². The van der Waals surface area contributed by atoms with Crippen molar-refractivity contribution in [2.75, 3.05) is 10.0 Å². The summed E-state index contributed by atoms with van der Waals surface area (Å²) < 4.78 is 33.8. The number of sulfonamides is 1. The summed E-state index contributed by atoms with van der Waals surface area (Å²) in [5, 5.41) is 13.4. The SMILES string of the molecule is CC(C)(C)C(=O)Nc1ccc(NS(=O)(=O)c2cc(Cl)c(Oc3ccc([N+](=O)[O-])cc3)c(Cl)c2)cc1. The highest BCUT2D eigenvalue weighted by molar-refractivity contribution is 7.92. The molecule has 9 nitrogen and oxygen atoms in total. The second-order valence-electron chi connectivity index (χ2n) is 8.46. The normalized spacial score (nSPS) is 11.6. The molecule has 0 bridgehead atoms. The van der Waals surface area contributed by atoms with Crippen LogP contribution in [0, 0.1) is 15.5 Å². The molecule has 0 aliphatic heterocycles. The number of carbonyl (C=O) groups excluding carboxylic acids is 1. The second kappa shape index (κ2) is 10.1. The van der Waals surface area contributed by atoms with Crippen LogP contribution in [0.2, 0.25) is 10.0 Å². The van der Waals surface area contributed by atoms with E-state index < -0.39 is 20.4 Å². The highest BCUT2D eigenvalue weighted by atomic mass is 35.5. The van der Waals surface area contributed by atoms with E-state index in [9.17, 15) is 23.3 Å². The first kappa shape index (κ1) is 26.3.